The number of fused-ring (bicyclic) bond motifs is 3. The number of anilines is 1. The predicted molar refractivity (Wildman–Crippen MR) is 133 cm³/mol. The first-order valence-electron chi connectivity index (χ1n) is 11.2. The van der Waals surface area contributed by atoms with Crippen LogP contribution in [0.3, 0.4) is 0 Å². The Morgan fingerprint density at radius 3 is 2.44 bits per heavy atom. The fourth-order valence-electron chi connectivity index (χ4n) is 3.95. The molecule has 1 N–H and O–H groups in total. The van der Waals surface area contributed by atoms with Crippen molar-refractivity contribution in [2.24, 2.45) is 0 Å². The van der Waals surface area contributed by atoms with Crippen molar-refractivity contribution in [3.05, 3.63) is 65.5 Å². The van der Waals surface area contributed by atoms with E-state index in [0.717, 1.165) is 33.5 Å². The minimum Gasteiger partial charge on any atom is -0.326 e. The fraction of sp³-hybridized carbons (Fsp3) is 0.320. The maximum atomic E-state index is 12.6. The molecule has 1 amide bonds. The number of aromatic nitrogens is 3. The zero-order valence-corrected chi connectivity index (χ0v) is 20.8. The molecule has 2 heterocycles. The summed E-state index contributed by atoms with van der Waals surface area (Å²) in [5.41, 5.74) is 5.10. The second-order valence-electron chi connectivity index (χ2n) is 8.70. The topological polar surface area (TPSA) is 96.7 Å². The summed E-state index contributed by atoms with van der Waals surface area (Å²) in [6.07, 6.45) is 0.792. The highest BCUT2D eigenvalue weighted by molar-refractivity contribution is 7.89. The normalized spacial score (nSPS) is 12.2. The van der Waals surface area contributed by atoms with Crippen LogP contribution in [-0.4, -0.2) is 46.3 Å². The lowest BCUT2D eigenvalue weighted by Gasteiger charge is -2.21. The van der Waals surface area contributed by atoms with Gasteiger partial charge in [-0.05, 0) is 76.1 Å². The molecule has 0 unspecified atom stereocenters. The Balaban J connectivity index is 1.47. The smallest absolute Gasteiger partial charge is 0.243 e. The van der Waals surface area contributed by atoms with E-state index in [1.165, 1.54) is 16.4 Å². The standard InChI is InChI=1S/C25H29N5O3S/c1-16(2)29(5)34(32,33)20-12-10-19(11-13-20)27-24(31)15-14-21-17(3)26-25-22-8-6-7-9-23(22)28-30(25)18(21)4/h6-13,16H,14-15H2,1-5H3,(H,27,31). The number of nitrogens with one attached hydrogen (secondary N) is 1. The Morgan fingerprint density at radius 2 is 1.76 bits per heavy atom. The van der Waals surface area contributed by atoms with E-state index in [-0.39, 0.29) is 23.3 Å². The number of carbonyl (C=O) groups is 1. The molecule has 8 nitrogen and oxygen atoms in total. The van der Waals surface area contributed by atoms with Gasteiger partial charge in [0.1, 0.15) is 0 Å². The molecule has 4 aromatic rings. The zero-order chi connectivity index (χ0) is 24.6. The minimum atomic E-state index is -3.56. The first-order chi connectivity index (χ1) is 16.1. The van der Waals surface area contributed by atoms with Gasteiger partial charge in [-0.25, -0.2) is 17.9 Å². The fourth-order valence-corrected chi connectivity index (χ4v) is 5.32. The van der Waals surface area contributed by atoms with Gasteiger partial charge in [0.25, 0.3) is 0 Å². The van der Waals surface area contributed by atoms with E-state index in [0.29, 0.717) is 12.1 Å². The second kappa shape index (κ2) is 9.15. The van der Waals surface area contributed by atoms with Crippen molar-refractivity contribution in [2.75, 3.05) is 12.4 Å². The molecule has 4 rings (SSSR count). The van der Waals surface area contributed by atoms with Crippen LogP contribution in [0.2, 0.25) is 0 Å². The zero-order valence-electron chi connectivity index (χ0n) is 20.0. The van der Waals surface area contributed by atoms with Gasteiger partial charge in [0.15, 0.2) is 5.65 Å². The molecule has 0 saturated heterocycles. The van der Waals surface area contributed by atoms with Crippen LogP contribution in [0, 0.1) is 13.8 Å². The molecule has 0 fully saturated rings. The van der Waals surface area contributed by atoms with Crippen molar-refractivity contribution in [2.45, 2.75) is 51.5 Å². The maximum Gasteiger partial charge on any atom is 0.243 e. The van der Waals surface area contributed by atoms with Crippen molar-refractivity contribution < 1.29 is 13.2 Å². The molecule has 0 aliphatic rings. The Labute approximate surface area is 199 Å². The molecule has 0 aliphatic heterocycles. The molecule has 0 atom stereocenters. The Bertz CT molecular complexity index is 1470. The van der Waals surface area contributed by atoms with Crippen LogP contribution in [0.4, 0.5) is 5.69 Å². The van der Waals surface area contributed by atoms with Gasteiger partial charge in [0.05, 0.1) is 10.4 Å². The van der Waals surface area contributed by atoms with Crippen LogP contribution in [-0.2, 0) is 21.2 Å². The van der Waals surface area contributed by atoms with Crippen molar-refractivity contribution >= 4 is 38.2 Å². The lowest BCUT2D eigenvalue weighted by Crippen LogP contribution is -2.33. The van der Waals surface area contributed by atoms with Gasteiger partial charge in [-0.3, -0.25) is 4.79 Å². The van der Waals surface area contributed by atoms with E-state index < -0.39 is 10.0 Å². The number of rotatable bonds is 7. The maximum absolute atomic E-state index is 12.6. The highest BCUT2D eigenvalue weighted by Gasteiger charge is 2.23. The third-order valence-electron chi connectivity index (χ3n) is 6.16. The van der Waals surface area contributed by atoms with Crippen molar-refractivity contribution in [1.82, 2.24) is 18.9 Å². The number of sulfonamides is 1. The number of aryl methyl sites for hydroxylation is 2. The lowest BCUT2D eigenvalue weighted by molar-refractivity contribution is -0.116. The molecule has 34 heavy (non-hydrogen) atoms. The van der Waals surface area contributed by atoms with Crippen LogP contribution in [0.5, 0.6) is 0 Å². The van der Waals surface area contributed by atoms with Crippen LogP contribution in [0.25, 0.3) is 16.6 Å². The van der Waals surface area contributed by atoms with Crippen LogP contribution in [0.15, 0.2) is 53.4 Å². The van der Waals surface area contributed by atoms with Gasteiger partial charge in [-0.1, -0.05) is 12.1 Å². The Kier molecular flexibility index (Phi) is 6.42. The van der Waals surface area contributed by atoms with E-state index in [1.54, 1.807) is 19.2 Å². The number of hydrogen-bond acceptors (Lipinski definition) is 5. The molecule has 2 aromatic heterocycles. The summed E-state index contributed by atoms with van der Waals surface area (Å²) in [7, 11) is -2.01. The Hall–Kier alpha value is -3.30. The monoisotopic (exact) mass is 479 g/mol. The average molecular weight is 480 g/mol. The van der Waals surface area contributed by atoms with Gasteiger partial charge in [-0.2, -0.15) is 9.40 Å². The molecule has 0 spiro atoms. The van der Waals surface area contributed by atoms with E-state index >= 15 is 0 Å². The number of benzene rings is 2. The second-order valence-corrected chi connectivity index (χ2v) is 10.7. The largest absolute Gasteiger partial charge is 0.326 e. The molecule has 0 radical (unpaired) electrons. The van der Waals surface area contributed by atoms with E-state index in [4.69, 9.17) is 4.98 Å². The third kappa shape index (κ3) is 4.41. The van der Waals surface area contributed by atoms with Gasteiger partial charge in [0, 0.05) is 42.0 Å². The first-order valence-corrected chi connectivity index (χ1v) is 12.6. The summed E-state index contributed by atoms with van der Waals surface area (Å²) in [4.78, 5) is 17.6. The summed E-state index contributed by atoms with van der Waals surface area (Å²) in [6.45, 7) is 7.58. The summed E-state index contributed by atoms with van der Waals surface area (Å²) < 4.78 is 28.4. The molecule has 9 heteroatoms. The average Bonchev–Trinajstić information content (AvgIpc) is 3.17. The van der Waals surface area contributed by atoms with Crippen LogP contribution >= 0.6 is 0 Å². The van der Waals surface area contributed by atoms with Crippen molar-refractivity contribution in [3.63, 3.8) is 0 Å². The lowest BCUT2D eigenvalue weighted by atomic mass is 10.1. The van der Waals surface area contributed by atoms with Crippen LogP contribution < -0.4 is 5.32 Å². The third-order valence-corrected chi connectivity index (χ3v) is 8.21. The molecular weight excluding hydrogens is 450 g/mol. The predicted octanol–water partition coefficient (Wildman–Crippen LogP) is 4.10. The SMILES string of the molecule is Cc1nc2c3ccccc3nn2c(C)c1CCC(=O)Nc1ccc(S(=O)(=O)N(C)C(C)C)cc1. The summed E-state index contributed by atoms with van der Waals surface area (Å²) in [5, 5.41) is 8.52. The van der Waals surface area contributed by atoms with Gasteiger partial charge in [0.2, 0.25) is 15.9 Å². The van der Waals surface area contributed by atoms with E-state index in [9.17, 15) is 13.2 Å². The molecule has 178 valence electrons. The molecular formula is C25H29N5O3S. The number of amides is 1. The minimum absolute atomic E-state index is 0.148. The molecule has 0 bridgehead atoms. The van der Waals surface area contributed by atoms with E-state index in [2.05, 4.69) is 10.4 Å². The summed E-state index contributed by atoms with van der Waals surface area (Å²) >= 11 is 0. The van der Waals surface area contributed by atoms with Crippen molar-refractivity contribution in [3.8, 4) is 0 Å². The van der Waals surface area contributed by atoms with Crippen LogP contribution in [0.1, 0.15) is 37.2 Å². The molecule has 2 aromatic carbocycles. The molecule has 0 saturated carbocycles. The quantitative estimate of drug-likeness (QED) is 0.430. The van der Waals surface area contributed by atoms with Gasteiger partial charge >= 0.3 is 0 Å². The summed E-state index contributed by atoms with van der Waals surface area (Å²) in [6, 6.07) is 14.0. The number of hydrogen-bond donors (Lipinski definition) is 1. The van der Waals surface area contributed by atoms with Gasteiger partial charge in [-0.15, -0.1) is 0 Å². The highest BCUT2D eigenvalue weighted by Crippen LogP contribution is 2.23. The Morgan fingerprint density at radius 1 is 1.09 bits per heavy atom. The molecule has 0 aliphatic carbocycles. The van der Waals surface area contributed by atoms with Gasteiger partial charge < -0.3 is 5.32 Å². The van der Waals surface area contributed by atoms with E-state index in [1.807, 2.05) is 56.5 Å². The number of nitrogens with zero attached hydrogens (tertiary/aromatic N) is 4. The summed E-state index contributed by atoms with van der Waals surface area (Å²) in [5.74, 6) is -0.153. The van der Waals surface area contributed by atoms with Crippen molar-refractivity contribution in [1.29, 1.82) is 0 Å². The first kappa shape index (κ1) is 23.8. The number of carbonyl (C=O) groups excluding carboxylic acids is 1. The highest BCUT2D eigenvalue weighted by atomic mass is 32.2.